The van der Waals surface area contributed by atoms with Crippen molar-refractivity contribution in [3.8, 4) is 0 Å². The standard InChI is InChI=1S/C17H24N2S/c1-5-14-6-8-16(9-7-14)19(4)12-15-10-17(11-18-3)20-13(15)2/h6-10,18H,5,11-12H2,1-4H3. The second kappa shape index (κ2) is 6.91. The van der Waals surface area contributed by atoms with Gasteiger partial charge in [0.1, 0.15) is 0 Å². The topological polar surface area (TPSA) is 15.3 Å². The molecule has 2 aromatic rings. The third-order valence-electron chi connectivity index (χ3n) is 3.62. The van der Waals surface area contributed by atoms with Crippen LogP contribution in [0.4, 0.5) is 5.69 Å². The maximum atomic E-state index is 3.22. The van der Waals surface area contributed by atoms with Gasteiger partial charge in [-0.05, 0) is 49.7 Å². The predicted molar refractivity (Wildman–Crippen MR) is 89.7 cm³/mol. The summed E-state index contributed by atoms with van der Waals surface area (Å²) in [6.45, 7) is 6.34. The van der Waals surface area contributed by atoms with Crippen LogP contribution in [0.1, 0.15) is 27.8 Å². The Hall–Kier alpha value is -1.32. The lowest BCUT2D eigenvalue weighted by Gasteiger charge is -2.19. The average Bonchev–Trinajstić information content (AvgIpc) is 2.79. The smallest absolute Gasteiger partial charge is 0.0437 e. The highest BCUT2D eigenvalue weighted by molar-refractivity contribution is 7.12. The molecule has 1 aromatic heterocycles. The normalized spacial score (nSPS) is 10.8. The van der Waals surface area contributed by atoms with Crippen LogP contribution in [0, 0.1) is 6.92 Å². The number of benzene rings is 1. The van der Waals surface area contributed by atoms with Crippen LogP contribution in [0.3, 0.4) is 0 Å². The molecule has 0 radical (unpaired) electrons. The Morgan fingerprint density at radius 1 is 1.20 bits per heavy atom. The molecule has 0 aliphatic rings. The third kappa shape index (κ3) is 3.62. The maximum absolute atomic E-state index is 3.22. The molecule has 0 fully saturated rings. The van der Waals surface area contributed by atoms with Crippen molar-refractivity contribution in [3.63, 3.8) is 0 Å². The minimum absolute atomic E-state index is 0.959. The van der Waals surface area contributed by atoms with Crippen molar-refractivity contribution >= 4 is 17.0 Å². The summed E-state index contributed by atoms with van der Waals surface area (Å²) >= 11 is 1.89. The summed E-state index contributed by atoms with van der Waals surface area (Å²) in [5.41, 5.74) is 4.11. The quantitative estimate of drug-likeness (QED) is 0.865. The van der Waals surface area contributed by atoms with Gasteiger partial charge in [-0.1, -0.05) is 19.1 Å². The predicted octanol–water partition coefficient (Wildman–Crippen LogP) is 3.97. The molecule has 0 aliphatic heterocycles. The minimum atomic E-state index is 0.959. The third-order valence-corrected chi connectivity index (χ3v) is 4.71. The SMILES string of the molecule is CCc1ccc(N(C)Cc2cc(CNC)sc2C)cc1. The number of aryl methyl sites for hydroxylation is 2. The van der Waals surface area contributed by atoms with Crippen LogP contribution in [0.15, 0.2) is 30.3 Å². The monoisotopic (exact) mass is 288 g/mol. The van der Waals surface area contributed by atoms with Gasteiger partial charge >= 0.3 is 0 Å². The fourth-order valence-corrected chi connectivity index (χ4v) is 3.40. The van der Waals surface area contributed by atoms with Crippen LogP contribution in [-0.4, -0.2) is 14.1 Å². The summed E-state index contributed by atoms with van der Waals surface area (Å²) in [5.74, 6) is 0. The zero-order valence-corrected chi connectivity index (χ0v) is 13.7. The lowest BCUT2D eigenvalue weighted by molar-refractivity contribution is 0.829. The van der Waals surface area contributed by atoms with E-state index in [1.165, 1.54) is 26.6 Å². The Morgan fingerprint density at radius 3 is 2.50 bits per heavy atom. The highest BCUT2D eigenvalue weighted by Crippen LogP contribution is 2.24. The molecule has 0 bridgehead atoms. The van der Waals surface area contributed by atoms with Gasteiger partial charge in [0.2, 0.25) is 0 Å². The molecule has 108 valence electrons. The van der Waals surface area contributed by atoms with Crippen molar-refractivity contribution in [1.82, 2.24) is 5.32 Å². The van der Waals surface area contributed by atoms with Crippen molar-refractivity contribution in [3.05, 3.63) is 51.2 Å². The van der Waals surface area contributed by atoms with Crippen LogP contribution >= 0.6 is 11.3 Å². The van der Waals surface area contributed by atoms with Crippen molar-refractivity contribution in [2.75, 3.05) is 19.0 Å². The van der Waals surface area contributed by atoms with Gasteiger partial charge in [-0.15, -0.1) is 11.3 Å². The lowest BCUT2D eigenvalue weighted by Crippen LogP contribution is -2.16. The van der Waals surface area contributed by atoms with Gasteiger partial charge in [0.15, 0.2) is 0 Å². The fraction of sp³-hybridized carbons (Fsp3) is 0.412. The number of thiophene rings is 1. The fourth-order valence-electron chi connectivity index (χ4n) is 2.34. The van der Waals surface area contributed by atoms with Gasteiger partial charge < -0.3 is 10.2 Å². The molecule has 2 nitrogen and oxygen atoms in total. The molecule has 0 saturated heterocycles. The van der Waals surface area contributed by atoms with Gasteiger partial charge in [-0.3, -0.25) is 0 Å². The molecule has 3 heteroatoms. The molecule has 1 N–H and O–H groups in total. The van der Waals surface area contributed by atoms with Crippen LogP contribution in [-0.2, 0) is 19.5 Å². The molecule has 20 heavy (non-hydrogen) atoms. The van der Waals surface area contributed by atoms with E-state index >= 15 is 0 Å². The largest absolute Gasteiger partial charge is 0.370 e. The maximum Gasteiger partial charge on any atom is 0.0437 e. The van der Waals surface area contributed by atoms with Gasteiger partial charge in [-0.25, -0.2) is 0 Å². The summed E-state index contributed by atoms with van der Waals surface area (Å²) in [6.07, 6.45) is 1.10. The molecule has 0 amide bonds. The number of rotatable bonds is 6. The molecular formula is C17H24N2S. The van der Waals surface area contributed by atoms with Gasteiger partial charge in [0.25, 0.3) is 0 Å². The number of nitrogens with one attached hydrogen (secondary N) is 1. The summed E-state index contributed by atoms with van der Waals surface area (Å²) in [5, 5.41) is 3.22. The molecular weight excluding hydrogens is 264 g/mol. The number of nitrogens with zero attached hydrogens (tertiary/aromatic N) is 1. The van der Waals surface area contributed by atoms with E-state index in [0.717, 1.165) is 19.5 Å². The Labute approximate surface area is 126 Å². The Kier molecular flexibility index (Phi) is 5.21. The summed E-state index contributed by atoms with van der Waals surface area (Å²) < 4.78 is 0. The summed E-state index contributed by atoms with van der Waals surface area (Å²) in [6, 6.07) is 11.2. The van der Waals surface area contributed by atoms with Crippen molar-refractivity contribution in [2.45, 2.75) is 33.4 Å². The Bertz CT molecular complexity index is 543. The molecule has 0 atom stereocenters. The molecule has 0 unspecified atom stereocenters. The van der Waals surface area contributed by atoms with E-state index in [0.29, 0.717) is 0 Å². The van der Waals surface area contributed by atoms with E-state index in [-0.39, 0.29) is 0 Å². The van der Waals surface area contributed by atoms with Crippen LogP contribution in [0.5, 0.6) is 0 Å². The first-order chi connectivity index (χ1) is 9.63. The van der Waals surface area contributed by atoms with Crippen LogP contribution in [0.2, 0.25) is 0 Å². The van der Waals surface area contributed by atoms with Gasteiger partial charge in [0, 0.05) is 35.6 Å². The molecule has 0 saturated carbocycles. The number of hydrogen-bond acceptors (Lipinski definition) is 3. The van der Waals surface area contributed by atoms with E-state index in [4.69, 9.17) is 0 Å². The van der Waals surface area contributed by atoms with E-state index in [1.54, 1.807) is 0 Å². The molecule has 1 aromatic carbocycles. The highest BCUT2D eigenvalue weighted by Gasteiger charge is 2.08. The number of anilines is 1. The Balaban J connectivity index is 2.08. The summed E-state index contributed by atoms with van der Waals surface area (Å²) in [4.78, 5) is 5.15. The van der Waals surface area contributed by atoms with Crippen molar-refractivity contribution < 1.29 is 0 Å². The molecule has 0 spiro atoms. The molecule has 2 rings (SSSR count). The first-order valence-electron chi connectivity index (χ1n) is 7.17. The lowest BCUT2D eigenvalue weighted by atomic mass is 10.1. The Morgan fingerprint density at radius 2 is 1.90 bits per heavy atom. The first-order valence-corrected chi connectivity index (χ1v) is 7.98. The zero-order valence-electron chi connectivity index (χ0n) is 12.9. The average molecular weight is 288 g/mol. The second-order valence-corrected chi connectivity index (χ2v) is 6.54. The summed E-state index contributed by atoms with van der Waals surface area (Å²) in [7, 11) is 4.16. The van der Waals surface area contributed by atoms with E-state index < -0.39 is 0 Å². The van der Waals surface area contributed by atoms with Crippen molar-refractivity contribution in [1.29, 1.82) is 0 Å². The van der Waals surface area contributed by atoms with E-state index in [9.17, 15) is 0 Å². The van der Waals surface area contributed by atoms with Gasteiger partial charge in [-0.2, -0.15) is 0 Å². The van der Waals surface area contributed by atoms with E-state index in [2.05, 4.69) is 61.4 Å². The van der Waals surface area contributed by atoms with Crippen LogP contribution < -0.4 is 10.2 Å². The van der Waals surface area contributed by atoms with Crippen LogP contribution in [0.25, 0.3) is 0 Å². The highest BCUT2D eigenvalue weighted by atomic mass is 32.1. The minimum Gasteiger partial charge on any atom is -0.370 e. The van der Waals surface area contributed by atoms with Crippen molar-refractivity contribution in [2.24, 2.45) is 0 Å². The van der Waals surface area contributed by atoms with Gasteiger partial charge in [0.05, 0.1) is 0 Å². The number of hydrogen-bond donors (Lipinski definition) is 1. The molecule has 1 heterocycles. The second-order valence-electron chi connectivity index (χ2n) is 5.20. The molecule has 0 aliphatic carbocycles. The zero-order chi connectivity index (χ0) is 14.5. The van der Waals surface area contributed by atoms with E-state index in [1.807, 2.05) is 18.4 Å². The first kappa shape index (κ1) is 15.1.